The van der Waals surface area contributed by atoms with Gasteiger partial charge in [0.25, 0.3) is 0 Å². The van der Waals surface area contributed by atoms with E-state index in [2.05, 4.69) is 27.7 Å². The van der Waals surface area contributed by atoms with Crippen LogP contribution in [0.25, 0.3) is 0 Å². The Hall–Kier alpha value is 0. The van der Waals surface area contributed by atoms with Crippen molar-refractivity contribution in [1.29, 1.82) is 0 Å². The van der Waals surface area contributed by atoms with Gasteiger partial charge in [-0.1, -0.05) is 59.3 Å². The van der Waals surface area contributed by atoms with Gasteiger partial charge in [0.15, 0.2) is 0 Å². The summed E-state index contributed by atoms with van der Waals surface area (Å²) in [6, 6.07) is 0. The Morgan fingerprint density at radius 3 is 2.25 bits per heavy atom. The van der Waals surface area contributed by atoms with Crippen LogP contribution in [0.15, 0.2) is 0 Å². The van der Waals surface area contributed by atoms with Gasteiger partial charge in [0.2, 0.25) is 0 Å². The van der Waals surface area contributed by atoms with Crippen LogP contribution in [0.2, 0.25) is 0 Å². The van der Waals surface area contributed by atoms with Gasteiger partial charge in [-0.25, -0.2) is 0 Å². The fourth-order valence-corrected chi connectivity index (χ4v) is 1.53. The van der Waals surface area contributed by atoms with Crippen molar-refractivity contribution in [2.24, 2.45) is 11.8 Å². The van der Waals surface area contributed by atoms with Crippen LogP contribution in [-0.4, -0.2) is 0 Å². The van der Waals surface area contributed by atoms with Gasteiger partial charge in [-0.3, -0.25) is 0 Å². The molecule has 0 nitrogen and oxygen atoms in total. The second kappa shape index (κ2) is 7.64. The third-order valence-electron chi connectivity index (χ3n) is 2.84. The molecule has 2 atom stereocenters. The van der Waals surface area contributed by atoms with Gasteiger partial charge in [-0.15, -0.1) is 0 Å². The summed E-state index contributed by atoms with van der Waals surface area (Å²) in [5.41, 5.74) is 0. The molecule has 2 unspecified atom stereocenters. The van der Waals surface area contributed by atoms with Gasteiger partial charge < -0.3 is 0 Å². The minimum Gasteiger partial charge on any atom is -0.0654 e. The summed E-state index contributed by atoms with van der Waals surface area (Å²) in [7, 11) is 0. The first-order valence-electron chi connectivity index (χ1n) is 5.55. The molecule has 0 heteroatoms. The lowest BCUT2D eigenvalue weighted by Crippen LogP contribution is -2.06. The maximum absolute atomic E-state index is 4.16. The van der Waals surface area contributed by atoms with E-state index in [1.54, 1.807) is 0 Å². The first-order chi connectivity index (χ1) is 5.72. The van der Waals surface area contributed by atoms with Crippen molar-refractivity contribution < 1.29 is 0 Å². The third kappa shape index (κ3) is 5.62. The second-order valence-electron chi connectivity index (χ2n) is 3.99. The summed E-state index contributed by atoms with van der Waals surface area (Å²) in [5, 5.41) is 0. The molecule has 0 aromatic carbocycles. The zero-order chi connectivity index (χ0) is 9.40. The van der Waals surface area contributed by atoms with Crippen LogP contribution < -0.4 is 0 Å². The highest BCUT2D eigenvalue weighted by molar-refractivity contribution is 4.66. The average Bonchev–Trinajstić information content (AvgIpc) is 2.10. The molecule has 0 amide bonds. The molecule has 12 heavy (non-hydrogen) atoms. The van der Waals surface area contributed by atoms with Crippen LogP contribution in [0.4, 0.5) is 0 Å². The normalized spacial score (nSPS) is 16.0. The van der Waals surface area contributed by atoms with Crippen LogP contribution in [0.1, 0.15) is 59.3 Å². The van der Waals surface area contributed by atoms with E-state index < -0.39 is 0 Å². The smallest absolute Gasteiger partial charge is 0.0391 e. The molecule has 1 radical (unpaired) electrons. The van der Waals surface area contributed by atoms with Crippen LogP contribution in [0.3, 0.4) is 0 Å². The van der Waals surface area contributed by atoms with E-state index in [0.29, 0.717) is 5.92 Å². The summed E-state index contributed by atoms with van der Waals surface area (Å²) in [4.78, 5) is 0. The fourth-order valence-electron chi connectivity index (χ4n) is 1.53. The van der Waals surface area contributed by atoms with Crippen molar-refractivity contribution in [2.45, 2.75) is 59.3 Å². The van der Waals surface area contributed by atoms with Crippen LogP contribution >= 0.6 is 0 Å². The fraction of sp³-hybridized carbons (Fsp3) is 0.917. The Morgan fingerprint density at radius 2 is 1.75 bits per heavy atom. The molecule has 0 bridgehead atoms. The average molecular weight is 169 g/mol. The Balaban J connectivity index is 3.24. The molecule has 0 aromatic rings. The van der Waals surface area contributed by atoms with Crippen LogP contribution in [0, 0.1) is 18.8 Å². The standard InChI is InChI=1S/C12H25/c1-5-7-8-9-10-12(4)11(3)6-2/h11-12H,3,5-10H2,1-2,4H3. The monoisotopic (exact) mass is 169 g/mol. The largest absolute Gasteiger partial charge is 0.0654 e. The highest BCUT2D eigenvalue weighted by Gasteiger charge is 2.08. The maximum atomic E-state index is 4.16. The van der Waals surface area contributed by atoms with Crippen molar-refractivity contribution in [3.63, 3.8) is 0 Å². The highest BCUT2D eigenvalue weighted by Crippen LogP contribution is 2.20. The zero-order valence-electron chi connectivity index (χ0n) is 9.10. The molecule has 0 N–H and O–H groups in total. The summed E-state index contributed by atoms with van der Waals surface area (Å²) < 4.78 is 0. The Bertz CT molecular complexity index is 86.0. The quantitative estimate of drug-likeness (QED) is 0.494. The lowest BCUT2D eigenvalue weighted by Gasteiger charge is -2.17. The Labute approximate surface area is 78.8 Å². The molecule has 0 saturated heterocycles. The third-order valence-corrected chi connectivity index (χ3v) is 2.84. The molecule has 0 spiro atoms. The highest BCUT2D eigenvalue weighted by atomic mass is 14.1. The first kappa shape index (κ1) is 12.0. The summed E-state index contributed by atoms with van der Waals surface area (Å²) >= 11 is 0. The van der Waals surface area contributed by atoms with Gasteiger partial charge in [0.05, 0.1) is 0 Å². The lowest BCUT2D eigenvalue weighted by molar-refractivity contribution is 0.373. The minimum absolute atomic E-state index is 0.673. The molecule has 0 rings (SSSR count). The zero-order valence-corrected chi connectivity index (χ0v) is 9.10. The molecule has 73 valence electrons. The summed E-state index contributed by atoms with van der Waals surface area (Å²) in [6.45, 7) is 11.0. The van der Waals surface area contributed by atoms with Gasteiger partial charge in [-0.05, 0) is 18.8 Å². The van der Waals surface area contributed by atoms with E-state index in [-0.39, 0.29) is 0 Å². The molecule has 0 aliphatic carbocycles. The number of hydrogen-bond donors (Lipinski definition) is 0. The molecule has 0 fully saturated rings. The van der Waals surface area contributed by atoms with Gasteiger partial charge in [0, 0.05) is 0 Å². The molecular formula is C12H25. The van der Waals surface area contributed by atoms with Crippen molar-refractivity contribution in [3.8, 4) is 0 Å². The predicted molar refractivity (Wildman–Crippen MR) is 57.1 cm³/mol. The van der Waals surface area contributed by atoms with Crippen molar-refractivity contribution in [3.05, 3.63) is 6.92 Å². The van der Waals surface area contributed by atoms with Crippen molar-refractivity contribution in [2.75, 3.05) is 0 Å². The Morgan fingerprint density at radius 1 is 1.08 bits per heavy atom. The van der Waals surface area contributed by atoms with E-state index >= 15 is 0 Å². The van der Waals surface area contributed by atoms with Crippen molar-refractivity contribution in [1.82, 2.24) is 0 Å². The van der Waals surface area contributed by atoms with E-state index in [9.17, 15) is 0 Å². The second-order valence-corrected chi connectivity index (χ2v) is 3.99. The maximum Gasteiger partial charge on any atom is -0.0391 e. The van der Waals surface area contributed by atoms with Crippen LogP contribution in [0.5, 0.6) is 0 Å². The molecule has 0 aliphatic heterocycles. The van der Waals surface area contributed by atoms with E-state index in [0.717, 1.165) is 5.92 Å². The molecular weight excluding hydrogens is 144 g/mol. The number of rotatable bonds is 7. The topological polar surface area (TPSA) is 0 Å². The minimum atomic E-state index is 0.673. The molecule has 0 aromatic heterocycles. The lowest BCUT2D eigenvalue weighted by atomic mass is 9.89. The van der Waals surface area contributed by atoms with E-state index in [1.165, 1.54) is 38.5 Å². The van der Waals surface area contributed by atoms with Gasteiger partial charge >= 0.3 is 0 Å². The SMILES string of the molecule is [CH2]C(CC)C(C)CCCCCC. The summed E-state index contributed by atoms with van der Waals surface area (Å²) in [5.74, 6) is 1.50. The van der Waals surface area contributed by atoms with Gasteiger partial charge in [-0.2, -0.15) is 0 Å². The van der Waals surface area contributed by atoms with E-state index in [1.807, 2.05) is 0 Å². The predicted octanol–water partition coefficient (Wildman–Crippen LogP) is 4.45. The van der Waals surface area contributed by atoms with Crippen molar-refractivity contribution >= 4 is 0 Å². The Kier molecular flexibility index (Phi) is 7.64. The molecule has 0 saturated carbocycles. The number of hydrogen-bond acceptors (Lipinski definition) is 0. The van der Waals surface area contributed by atoms with Gasteiger partial charge in [0.1, 0.15) is 0 Å². The summed E-state index contributed by atoms with van der Waals surface area (Å²) in [6.07, 6.45) is 8.17. The first-order valence-corrected chi connectivity index (χ1v) is 5.55. The number of unbranched alkanes of at least 4 members (excludes halogenated alkanes) is 3. The van der Waals surface area contributed by atoms with E-state index in [4.69, 9.17) is 0 Å². The van der Waals surface area contributed by atoms with Crippen LogP contribution in [-0.2, 0) is 0 Å². The molecule has 0 heterocycles. The molecule has 0 aliphatic rings.